The minimum atomic E-state index is -4.39. The molecule has 0 heterocycles. The average Bonchev–Trinajstić information content (AvgIpc) is 2.27. The van der Waals surface area contributed by atoms with Crippen LogP contribution in [-0.4, -0.2) is 12.6 Å². The summed E-state index contributed by atoms with van der Waals surface area (Å²) in [6, 6.07) is 4.00. The zero-order valence-corrected chi connectivity index (χ0v) is 10.3. The van der Waals surface area contributed by atoms with E-state index in [1.165, 1.54) is 0 Å². The molecular formula is C13H15F3O2. The molecule has 0 aliphatic carbocycles. The van der Waals surface area contributed by atoms with Gasteiger partial charge in [-0.05, 0) is 36.6 Å². The minimum Gasteiger partial charge on any atom is -0.462 e. The lowest BCUT2D eigenvalue weighted by atomic mass is 10.1. The summed E-state index contributed by atoms with van der Waals surface area (Å²) in [6.45, 7) is 4.26. The van der Waals surface area contributed by atoms with Crippen LogP contribution in [0.1, 0.15) is 36.2 Å². The molecule has 1 rings (SSSR count). The van der Waals surface area contributed by atoms with Gasteiger partial charge in [0, 0.05) is 0 Å². The van der Waals surface area contributed by atoms with E-state index in [1.807, 2.05) is 13.8 Å². The van der Waals surface area contributed by atoms with Crippen LogP contribution in [0.15, 0.2) is 24.3 Å². The fraction of sp³-hybridized carbons (Fsp3) is 0.462. The van der Waals surface area contributed by atoms with E-state index in [-0.39, 0.29) is 12.2 Å². The Morgan fingerprint density at radius 3 is 2.22 bits per heavy atom. The maximum absolute atomic E-state index is 12.3. The van der Waals surface area contributed by atoms with Gasteiger partial charge in [0.05, 0.1) is 17.7 Å². The molecule has 0 aliphatic heterocycles. The van der Waals surface area contributed by atoms with Crippen molar-refractivity contribution in [1.82, 2.24) is 0 Å². The third-order valence-electron chi connectivity index (χ3n) is 2.38. The molecule has 0 saturated carbocycles. The van der Waals surface area contributed by atoms with E-state index < -0.39 is 17.7 Å². The second-order valence-electron chi connectivity index (χ2n) is 4.39. The smallest absolute Gasteiger partial charge is 0.416 e. The zero-order chi connectivity index (χ0) is 13.8. The van der Waals surface area contributed by atoms with Crippen molar-refractivity contribution in [2.45, 2.75) is 26.4 Å². The highest BCUT2D eigenvalue weighted by molar-refractivity contribution is 5.89. The van der Waals surface area contributed by atoms with Crippen molar-refractivity contribution in [3.63, 3.8) is 0 Å². The van der Waals surface area contributed by atoms with E-state index in [0.29, 0.717) is 5.92 Å². The number of alkyl halides is 3. The first-order valence-electron chi connectivity index (χ1n) is 5.65. The number of hydrogen-bond acceptors (Lipinski definition) is 2. The molecule has 0 atom stereocenters. The summed E-state index contributed by atoms with van der Waals surface area (Å²) in [5.74, 6) is -0.185. The number of carbonyl (C=O) groups is 1. The summed E-state index contributed by atoms with van der Waals surface area (Å²) in [7, 11) is 0. The van der Waals surface area contributed by atoms with Gasteiger partial charge in [0.2, 0.25) is 0 Å². The van der Waals surface area contributed by atoms with E-state index in [2.05, 4.69) is 0 Å². The van der Waals surface area contributed by atoms with Gasteiger partial charge in [0.25, 0.3) is 0 Å². The lowest BCUT2D eigenvalue weighted by Gasteiger charge is -2.08. The van der Waals surface area contributed by atoms with Crippen LogP contribution in [0.2, 0.25) is 0 Å². The highest BCUT2D eigenvalue weighted by atomic mass is 19.4. The molecule has 0 radical (unpaired) electrons. The molecule has 0 aliphatic rings. The number of benzene rings is 1. The molecule has 0 saturated heterocycles. The quantitative estimate of drug-likeness (QED) is 0.767. The maximum Gasteiger partial charge on any atom is 0.416 e. The molecule has 0 unspecified atom stereocenters. The first kappa shape index (κ1) is 14.5. The first-order chi connectivity index (χ1) is 8.30. The van der Waals surface area contributed by atoms with Crippen molar-refractivity contribution in [2.75, 3.05) is 6.61 Å². The Labute approximate surface area is 104 Å². The molecule has 2 nitrogen and oxygen atoms in total. The van der Waals surface area contributed by atoms with Gasteiger partial charge in [0.1, 0.15) is 0 Å². The molecule has 0 bridgehead atoms. The van der Waals surface area contributed by atoms with Crippen LogP contribution in [0.5, 0.6) is 0 Å². The van der Waals surface area contributed by atoms with E-state index in [9.17, 15) is 18.0 Å². The van der Waals surface area contributed by atoms with E-state index in [4.69, 9.17) is 4.74 Å². The Morgan fingerprint density at radius 1 is 1.22 bits per heavy atom. The third-order valence-corrected chi connectivity index (χ3v) is 2.38. The van der Waals surface area contributed by atoms with Gasteiger partial charge >= 0.3 is 12.1 Å². The summed E-state index contributed by atoms with van der Waals surface area (Å²) < 4.78 is 41.8. The minimum absolute atomic E-state index is 0.131. The van der Waals surface area contributed by atoms with Gasteiger partial charge in [-0.2, -0.15) is 13.2 Å². The van der Waals surface area contributed by atoms with Gasteiger partial charge < -0.3 is 4.74 Å². The fourth-order valence-corrected chi connectivity index (χ4v) is 1.27. The molecular weight excluding hydrogens is 245 g/mol. The van der Waals surface area contributed by atoms with E-state index in [1.54, 1.807) is 0 Å². The maximum atomic E-state index is 12.3. The zero-order valence-electron chi connectivity index (χ0n) is 10.3. The first-order valence-corrected chi connectivity index (χ1v) is 5.65. The number of hydrogen-bond donors (Lipinski definition) is 0. The van der Waals surface area contributed by atoms with Crippen LogP contribution >= 0.6 is 0 Å². The van der Waals surface area contributed by atoms with Gasteiger partial charge in [-0.25, -0.2) is 4.79 Å². The Kier molecular flexibility index (Phi) is 4.76. The van der Waals surface area contributed by atoms with Gasteiger partial charge in [-0.15, -0.1) is 0 Å². The largest absolute Gasteiger partial charge is 0.462 e. The molecule has 0 N–H and O–H groups in total. The molecule has 0 spiro atoms. The predicted octanol–water partition coefficient (Wildman–Crippen LogP) is 3.91. The summed E-state index contributed by atoms with van der Waals surface area (Å²) in [5.41, 5.74) is -0.645. The Bertz CT molecular complexity index is 394. The molecule has 1 aromatic rings. The molecule has 0 fully saturated rings. The summed E-state index contributed by atoms with van der Waals surface area (Å²) in [4.78, 5) is 11.5. The molecule has 1 aromatic carbocycles. The van der Waals surface area contributed by atoms with Crippen LogP contribution in [0.25, 0.3) is 0 Å². The molecule has 18 heavy (non-hydrogen) atoms. The standard InChI is InChI=1S/C13H15F3O2/c1-9(2)7-8-18-12(17)10-3-5-11(6-4-10)13(14,15)16/h3-6,9H,7-8H2,1-2H3. The van der Waals surface area contributed by atoms with Crippen LogP contribution < -0.4 is 0 Å². The summed E-state index contributed by atoms with van der Waals surface area (Å²) in [5, 5.41) is 0. The van der Waals surface area contributed by atoms with Crippen molar-refractivity contribution >= 4 is 5.97 Å². The second kappa shape index (κ2) is 5.89. The molecule has 0 aromatic heterocycles. The lowest BCUT2D eigenvalue weighted by molar-refractivity contribution is -0.137. The Morgan fingerprint density at radius 2 is 1.78 bits per heavy atom. The highest BCUT2D eigenvalue weighted by Crippen LogP contribution is 2.29. The van der Waals surface area contributed by atoms with E-state index >= 15 is 0 Å². The van der Waals surface area contributed by atoms with Crippen LogP contribution in [-0.2, 0) is 10.9 Å². The normalized spacial score (nSPS) is 11.7. The second-order valence-corrected chi connectivity index (χ2v) is 4.39. The Hall–Kier alpha value is -1.52. The third kappa shape index (κ3) is 4.39. The molecule has 0 amide bonds. The number of halogens is 3. The van der Waals surface area contributed by atoms with Crippen molar-refractivity contribution in [2.24, 2.45) is 5.92 Å². The van der Waals surface area contributed by atoms with Crippen LogP contribution in [0.4, 0.5) is 13.2 Å². The Balaban J connectivity index is 2.60. The molecule has 100 valence electrons. The average molecular weight is 260 g/mol. The monoisotopic (exact) mass is 260 g/mol. The van der Waals surface area contributed by atoms with Crippen LogP contribution in [0, 0.1) is 5.92 Å². The van der Waals surface area contributed by atoms with Gasteiger partial charge in [-0.3, -0.25) is 0 Å². The van der Waals surface area contributed by atoms with Crippen molar-refractivity contribution in [3.05, 3.63) is 35.4 Å². The lowest BCUT2D eigenvalue weighted by Crippen LogP contribution is -2.09. The fourth-order valence-electron chi connectivity index (χ4n) is 1.27. The van der Waals surface area contributed by atoms with Crippen molar-refractivity contribution in [1.29, 1.82) is 0 Å². The highest BCUT2D eigenvalue weighted by Gasteiger charge is 2.30. The number of esters is 1. The van der Waals surface area contributed by atoms with Gasteiger partial charge in [0.15, 0.2) is 0 Å². The summed E-state index contributed by atoms with van der Waals surface area (Å²) in [6.07, 6.45) is -3.66. The SMILES string of the molecule is CC(C)CCOC(=O)c1ccc(C(F)(F)F)cc1. The van der Waals surface area contributed by atoms with Crippen molar-refractivity contribution in [3.8, 4) is 0 Å². The predicted molar refractivity (Wildman–Crippen MR) is 61.2 cm³/mol. The molecule has 5 heteroatoms. The number of ether oxygens (including phenoxy) is 1. The van der Waals surface area contributed by atoms with E-state index in [0.717, 1.165) is 30.7 Å². The van der Waals surface area contributed by atoms with Gasteiger partial charge in [-0.1, -0.05) is 13.8 Å². The number of carbonyl (C=O) groups excluding carboxylic acids is 1. The van der Waals surface area contributed by atoms with Crippen LogP contribution in [0.3, 0.4) is 0 Å². The number of rotatable bonds is 4. The summed E-state index contributed by atoms with van der Waals surface area (Å²) >= 11 is 0. The van der Waals surface area contributed by atoms with Crippen molar-refractivity contribution < 1.29 is 22.7 Å². The topological polar surface area (TPSA) is 26.3 Å².